The normalized spacial score (nSPS) is 14.6. The molecule has 0 aromatic carbocycles. The van der Waals surface area contributed by atoms with Gasteiger partial charge in [-0.15, -0.1) is 5.10 Å². The fourth-order valence-electron chi connectivity index (χ4n) is 3.68. The molecule has 0 bridgehead atoms. The minimum Gasteiger partial charge on any atom is -0.488 e. The van der Waals surface area contributed by atoms with Gasteiger partial charge in [-0.1, -0.05) is 25.0 Å². The van der Waals surface area contributed by atoms with Gasteiger partial charge in [-0.25, -0.2) is 23.2 Å². The number of ether oxygens (including phenoxy) is 2. The van der Waals surface area contributed by atoms with Crippen LogP contribution in [0.2, 0.25) is 0 Å². The van der Waals surface area contributed by atoms with Gasteiger partial charge in [0.1, 0.15) is 29.4 Å². The van der Waals surface area contributed by atoms with Gasteiger partial charge < -0.3 is 14.4 Å². The molecule has 10 heteroatoms. The fraction of sp³-hybridized carbons (Fsp3) is 0.636. The quantitative estimate of drug-likeness (QED) is 0.540. The number of aryl methyl sites for hydroxylation is 1. The van der Waals surface area contributed by atoms with E-state index in [2.05, 4.69) is 15.3 Å². The van der Waals surface area contributed by atoms with Crippen LogP contribution in [0.1, 0.15) is 69.7 Å². The molecule has 3 rings (SSSR count). The molecule has 0 saturated heterocycles. The van der Waals surface area contributed by atoms with E-state index in [0.29, 0.717) is 17.9 Å². The van der Waals surface area contributed by atoms with Gasteiger partial charge in [0.25, 0.3) is 6.43 Å². The zero-order chi connectivity index (χ0) is 23.1. The number of amides is 1. The van der Waals surface area contributed by atoms with Crippen LogP contribution in [0.3, 0.4) is 0 Å². The van der Waals surface area contributed by atoms with Crippen LogP contribution in [-0.2, 0) is 18.4 Å². The van der Waals surface area contributed by atoms with Crippen molar-refractivity contribution >= 4 is 6.09 Å². The monoisotopic (exact) mass is 451 g/mol. The Bertz CT molecular complexity index is 900. The number of pyridine rings is 1. The Morgan fingerprint density at radius 3 is 2.72 bits per heavy atom. The number of aromatic nitrogens is 4. The molecule has 176 valence electrons. The summed E-state index contributed by atoms with van der Waals surface area (Å²) in [5.74, 6) is 0.102. The summed E-state index contributed by atoms with van der Waals surface area (Å²) in [4.78, 5) is 17.8. The van der Waals surface area contributed by atoms with E-state index in [9.17, 15) is 13.6 Å². The molecule has 0 atom stereocenters. The number of unbranched alkanes of at least 4 members (excludes halogenated alkanes) is 1. The lowest BCUT2D eigenvalue weighted by Crippen LogP contribution is -2.28. The largest absolute Gasteiger partial charge is 0.488 e. The highest BCUT2D eigenvalue weighted by Crippen LogP contribution is 2.33. The van der Waals surface area contributed by atoms with Crippen molar-refractivity contribution in [3.05, 3.63) is 23.5 Å². The summed E-state index contributed by atoms with van der Waals surface area (Å²) in [6, 6.07) is 3.11. The molecule has 8 nitrogen and oxygen atoms in total. The highest BCUT2D eigenvalue weighted by atomic mass is 19.3. The van der Waals surface area contributed by atoms with Gasteiger partial charge in [0.2, 0.25) is 0 Å². The highest BCUT2D eigenvalue weighted by molar-refractivity contribution is 5.67. The Labute approximate surface area is 186 Å². The second-order valence-electron chi connectivity index (χ2n) is 8.10. The first-order valence-electron chi connectivity index (χ1n) is 11.1. The maximum atomic E-state index is 13.8. The number of halogens is 2. The average molecular weight is 452 g/mol. The van der Waals surface area contributed by atoms with Crippen LogP contribution in [0.25, 0.3) is 11.4 Å². The van der Waals surface area contributed by atoms with Crippen molar-refractivity contribution in [3.63, 3.8) is 0 Å². The number of carbonyl (C=O) groups excluding carboxylic acids is 1. The van der Waals surface area contributed by atoms with Crippen molar-refractivity contribution < 1.29 is 23.0 Å². The van der Waals surface area contributed by atoms with E-state index >= 15 is 0 Å². The molecule has 0 radical (unpaired) electrons. The molecule has 32 heavy (non-hydrogen) atoms. The van der Waals surface area contributed by atoms with Crippen LogP contribution in [0.15, 0.2) is 12.1 Å². The second kappa shape index (κ2) is 11.2. The van der Waals surface area contributed by atoms with Crippen LogP contribution in [0, 0.1) is 0 Å². The van der Waals surface area contributed by atoms with Crippen molar-refractivity contribution in [2.24, 2.45) is 7.05 Å². The summed E-state index contributed by atoms with van der Waals surface area (Å²) in [6.07, 6.45) is 3.45. The van der Waals surface area contributed by atoms with E-state index in [-0.39, 0.29) is 24.2 Å². The molecule has 1 saturated carbocycles. The van der Waals surface area contributed by atoms with Crippen LogP contribution in [-0.4, -0.2) is 50.7 Å². The summed E-state index contributed by atoms with van der Waals surface area (Å²) in [5.41, 5.74) is 0.578. The zero-order valence-corrected chi connectivity index (χ0v) is 18.9. The van der Waals surface area contributed by atoms with Crippen molar-refractivity contribution in [1.29, 1.82) is 0 Å². The molecular weight excluding hydrogens is 420 g/mol. The number of hydrogen-bond acceptors (Lipinski definition) is 6. The van der Waals surface area contributed by atoms with Gasteiger partial charge >= 0.3 is 6.09 Å². The van der Waals surface area contributed by atoms with Crippen LogP contribution >= 0.6 is 0 Å². The van der Waals surface area contributed by atoms with Gasteiger partial charge in [0.15, 0.2) is 0 Å². The molecule has 0 unspecified atom stereocenters. The molecule has 2 aromatic rings. The molecule has 2 aromatic heterocycles. The third-order valence-corrected chi connectivity index (χ3v) is 5.62. The minimum absolute atomic E-state index is 0.0647. The summed E-state index contributed by atoms with van der Waals surface area (Å²) >= 11 is 0. The predicted octanol–water partition coefficient (Wildman–Crippen LogP) is 4.89. The van der Waals surface area contributed by atoms with Crippen LogP contribution in [0.4, 0.5) is 13.6 Å². The molecule has 1 fully saturated rings. The summed E-state index contributed by atoms with van der Waals surface area (Å²) in [5, 5.41) is 8.02. The molecule has 0 aliphatic heterocycles. The summed E-state index contributed by atoms with van der Waals surface area (Å²) < 4.78 is 40.2. The number of hydrogen-bond donors (Lipinski definition) is 0. The van der Waals surface area contributed by atoms with E-state index in [4.69, 9.17) is 9.47 Å². The molecular formula is C22H31F2N5O3. The molecule has 2 heterocycles. The molecule has 0 N–H and O–H groups in total. The Morgan fingerprint density at radius 1 is 1.28 bits per heavy atom. The smallest absolute Gasteiger partial charge is 0.409 e. The lowest BCUT2D eigenvalue weighted by Gasteiger charge is -2.24. The van der Waals surface area contributed by atoms with Crippen molar-refractivity contribution in [3.8, 4) is 17.1 Å². The molecule has 1 amide bonds. The lowest BCUT2D eigenvalue weighted by molar-refractivity contribution is 0.102. The van der Waals surface area contributed by atoms with Crippen LogP contribution < -0.4 is 4.74 Å². The van der Waals surface area contributed by atoms with Gasteiger partial charge in [-0.05, 0) is 44.2 Å². The average Bonchev–Trinajstić information content (AvgIpc) is 3.16. The van der Waals surface area contributed by atoms with Gasteiger partial charge in [-0.3, -0.25) is 0 Å². The summed E-state index contributed by atoms with van der Waals surface area (Å²) in [6.45, 7) is 2.53. The lowest BCUT2D eigenvalue weighted by atomic mass is 9.98. The molecule has 1 aliphatic rings. The standard InChI is InChI=1S/C22H31F2N5O3/c1-4-5-13-28(2)22(30)31-14-17-19(26-27-29(17)3)16-11-12-18(20(25-16)21(23)24)32-15-9-7-6-8-10-15/h11-12,15,21H,4-10,13-14H2,1-3H3. The van der Waals surface area contributed by atoms with E-state index in [1.54, 1.807) is 20.2 Å². The first-order chi connectivity index (χ1) is 15.4. The Morgan fingerprint density at radius 2 is 2.03 bits per heavy atom. The third-order valence-electron chi connectivity index (χ3n) is 5.62. The first kappa shape index (κ1) is 23.9. The maximum absolute atomic E-state index is 13.8. The number of rotatable bonds is 9. The first-order valence-corrected chi connectivity index (χ1v) is 11.1. The van der Waals surface area contributed by atoms with E-state index in [1.165, 1.54) is 15.6 Å². The Hall–Kier alpha value is -2.78. The highest BCUT2D eigenvalue weighted by Gasteiger charge is 2.24. The zero-order valence-electron chi connectivity index (χ0n) is 18.9. The van der Waals surface area contributed by atoms with E-state index in [1.807, 2.05) is 6.92 Å². The van der Waals surface area contributed by atoms with Crippen molar-refractivity contribution in [2.45, 2.75) is 71.0 Å². The van der Waals surface area contributed by atoms with Crippen LogP contribution in [0.5, 0.6) is 5.75 Å². The maximum Gasteiger partial charge on any atom is 0.409 e. The SMILES string of the molecule is CCCCN(C)C(=O)OCc1c(-c2ccc(OC3CCCCC3)c(C(F)F)n2)nnn1C. The fourth-order valence-corrected chi connectivity index (χ4v) is 3.68. The predicted molar refractivity (Wildman–Crippen MR) is 114 cm³/mol. The number of nitrogens with zero attached hydrogens (tertiary/aromatic N) is 5. The molecule has 1 aliphatic carbocycles. The van der Waals surface area contributed by atoms with Gasteiger partial charge in [0, 0.05) is 20.6 Å². The Kier molecular flexibility index (Phi) is 8.35. The topological polar surface area (TPSA) is 82.4 Å². The van der Waals surface area contributed by atoms with E-state index in [0.717, 1.165) is 44.9 Å². The second-order valence-corrected chi connectivity index (χ2v) is 8.10. The number of carbonyl (C=O) groups is 1. The van der Waals surface area contributed by atoms with Crippen molar-refractivity contribution in [2.75, 3.05) is 13.6 Å². The van der Waals surface area contributed by atoms with Gasteiger partial charge in [0.05, 0.1) is 11.8 Å². The minimum atomic E-state index is -2.79. The third kappa shape index (κ3) is 5.92. The molecule has 0 spiro atoms. The van der Waals surface area contributed by atoms with E-state index < -0.39 is 18.2 Å². The summed E-state index contributed by atoms with van der Waals surface area (Å²) in [7, 11) is 3.32. The Balaban J connectivity index is 1.77. The number of alkyl halides is 2. The van der Waals surface area contributed by atoms with Crippen molar-refractivity contribution in [1.82, 2.24) is 24.9 Å². The van der Waals surface area contributed by atoms with Gasteiger partial charge in [-0.2, -0.15) is 0 Å².